The molecule has 3 aromatic rings. The highest BCUT2D eigenvalue weighted by atomic mass is 32.2. The first-order chi connectivity index (χ1) is 14.2. The summed E-state index contributed by atoms with van der Waals surface area (Å²) in [6.45, 7) is 12.2. The Morgan fingerprint density at radius 3 is 2.43 bits per heavy atom. The zero-order chi connectivity index (χ0) is 21.9. The summed E-state index contributed by atoms with van der Waals surface area (Å²) in [5, 5.41) is 12.3. The second kappa shape index (κ2) is 9.00. The summed E-state index contributed by atoms with van der Waals surface area (Å²) in [6.07, 6.45) is 3.52. The van der Waals surface area contributed by atoms with Gasteiger partial charge in [0.1, 0.15) is 0 Å². The summed E-state index contributed by atoms with van der Waals surface area (Å²) in [6, 6.07) is 12.1. The predicted molar refractivity (Wildman–Crippen MR) is 122 cm³/mol. The quantitative estimate of drug-likeness (QED) is 0.574. The molecule has 0 aliphatic rings. The third-order valence-electron chi connectivity index (χ3n) is 4.50. The van der Waals surface area contributed by atoms with Gasteiger partial charge >= 0.3 is 0 Å². The molecule has 2 heterocycles. The smallest absolute Gasteiger partial charge is 0.233 e. The maximum atomic E-state index is 12.7. The molecule has 6 nitrogen and oxygen atoms in total. The van der Waals surface area contributed by atoms with Crippen LogP contribution in [0.4, 0.5) is 0 Å². The van der Waals surface area contributed by atoms with Gasteiger partial charge in [-0.2, -0.15) is 0 Å². The second-order valence-corrected chi connectivity index (χ2v) is 9.90. The molecule has 0 aliphatic carbocycles. The number of aromatic nitrogens is 4. The van der Waals surface area contributed by atoms with Gasteiger partial charge < -0.3 is 5.32 Å². The fraction of sp³-hybridized carbons (Fsp3) is 0.391. The van der Waals surface area contributed by atoms with Crippen LogP contribution < -0.4 is 5.32 Å². The van der Waals surface area contributed by atoms with E-state index in [-0.39, 0.29) is 16.7 Å². The zero-order valence-electron chi connectivity index (χ0n) is 18.4. The highest BCUT2D eigenvalue weighted by Gasteiger charge is 2.25. The van der Waals surface area contributed by atoms with E-state index in [0.717, 1.165) is 11.3 Å². The fourth-order valence-corrected chi connectivity index (χ4v) is 3.97. The van der Waals surface area contributed by atoms with Gasteiger partial charge in [0.05, 0.1) is 10.9 Å². The number of pyridine rings is 1. The summed E-state index contributed by atoms with van der Waals surface area (Å²) < 4.78 is 2.04. The number of carbonyl (C=O) groups excluding carboxylic acids is 1. The van der Waals surface area contributed by atoms with Gasteiger partial charge in [0, 0.05) is 23.5 Å². The van der Waals surface area contributed by atoms with E-state index in [4.69, 9.17) is 0 Å². The number of para-hydroxylation sites is 1. The maximum Gasteiger partial charge on any atom is 0.233 e. The lowest BCUT2D eigenvalue weighted by Crippen LogP contribution is -2.44. The summed E-state index contributed by atoms with van der Waals surface area (Å²) in [7, 11) is 0. The van der Waals surface area contributed by atoms with Crippen LogP contribution in [0.15, 0.2) is 53.9 Å². The molecule has 0 saturated carbocycles. The Morgan fingerprint density at radius 2 is 1.80 bits per heavy atom. The Bertz CT molecular complexity index is 1010. The van der Waals surface area contributed by atoms with Gasteiger partial charge in [-0.1, -0.05) is 43.8 Å². The number of hydrogen-bond donors (Lipinski definition) is 1. The lowest BCUT2D eigenvalue weighted by molar-refractivity contribution is -0.121. The van der Waals surface area contributed by atoms with Crippen molar-refractivity contribution in [1.82, 2.24) is 25.1 Å². The van der Waals surface area contributed by atoms with Crippen LogP contribution in [0.2, 0.25) is 0 Å². The van der Waals surface area contributed by atoms with E-state index in [1.54, 1.807) is 12.4 Å². The lowest BCUT2D eigenvalue weighted by atomic mass is 10.0. The van der Waals surface area contributed by atoms with Crippen molar-refractivity contribution >= 4 is 17.7 Å². The summed E-state index contributed by atoms with van der Waals surface area (Å²) in [5.41, 5.74) is 2.80. The molecule has 0 saturated heterocycles. The Morgan fingerprint density at radius 1 is 1.07 bits per heavy atom. The largest absolute Gasteiger partial charge is 0.351 e. The first-order valence-corrected chi connectivity index (χ1v) is 11.0. The number of thioether (sulfide) groups is 1. The Labute approximate surface area is 182 Å². The van der Waals surface area contributed by atoms with E-state index < -0.39 is 0 Å². The Balaban J connectivity index is 2.07. The van der Waals surface area contributed by atoms with Gasteiger partial charge in [-0.15, -0.1) is 10.2 Å². The average Bonchev–Trinajstić information content (AvgIpc) is 3.10. The molecule has 1 aromatic carbocycles. The van der Waals surface area contributed by atoms with Crippen molar-refractivity contribution in [3.05, 3.63) is 54.4 Å². The highest BCUT2D eigenvalue weighted by molar-refractivity contribution is 8.00. The SMILES string of the molecule is CC(Sc1nnc(-c2cccnc2)n1-c1ccccc1C(C)C)C(=O)NC(C)(C)C. The number of carbonyl (C=O) groups is 1. The van der Waals surface area contributed by atoms with Crippen molar-refractivity contribution in [2.24, 2.45) is 0 Å². The van der Waals surface area contributed by atoms with E-state index in [0.29, 0.717) is 16.9 Å². The Hall–Kier alpha value is -2.67. The van der Waals surface area contributed by atoms with Crippen molar-refractivity contribution in [3.63, 3.8) is 0 Å². The van der Waals surface area contributed by atoms with Crippen molar-refractivity contribution < 1.29 is 4.79 Å². The summed E-state index contributed by atoms with van der Waals surface area (Å²) >= 11 is 1.41. The molecule has 2 aromatic heterocycles. The number of nitrogens with one attached hydrogen (secondary N) is 1. The highest BCUT2D eigenvalue weighted by Crippen LogP contribution is 2.33. The van der Waals surface area contributed by atoms with Gasteiger partial charge in [-0.05, 0) is 57.4 Å². The third kappa shape index (κ3) is 5.08. The van der Waals surface area contributed by atoms with Crippen molar-refractivity contribution in [3.8, 4) is 17.1 Å². The fourth-order valence-electron chi connectivity index (χ4n) is 3.11. The summed E-state index contributed by atoms with van der Waals surface area (Å²) in [5.74, 6) is 1.01. The molecule has 1 amide bonds. The number of rotatable bonds is 6. The number of hydrogen-bond acceptors (Lipinski definition) is 5. The van der Waals surface area contributed by atoms with Crippen LogP contribution in [0.5, 0.6) is 0 Å². The predicted octanol–water partition coefficient (Wildman–Crippen LogP) is 4.85. The standard InChI is InChI=1S/C23H29N5OS/c1-15(2)18-11-7-8-12-19(18)28-20(17-10-9-13-24-14-17)26-27-22(28)30-16(3)21(29)25-23(4,5)6/h7-16H,1-6H3,(H,25,29). The van der Waals surface area contributed by atoms with Crippen molar-refractivity contribution in [1.29, 1.82) is 0 Å². The molecule has 0 spiro atoms. The molecule has 1 atom stereocenters. The molecular formula is C23H29N5OS. The third-order valence-corrected chi connectivity index (χ3v) is 5.55. The van der Waals surface area contributed by atoms with Gasteiger partial charge in [0.15, 0.2) is 11.0 Å². The van der Waals surface area contributed by atoms with Gasteiger partial charge in [-0.3, -0.25) is 14.3 Å². The van der Waals surface area contributed by atoms with E-state index in [2.05, 4.69) is 46.5 Å². The van der Waals surface area contributed by atoms with Gasteiger partial charge in [0.25, 0.3) is 0 Å². The number of benzene rings is 1. The van der Waals surface area contributed by atoms with Crippen molar-refractivity contribution in [2.75, 3.05) is 0 Å². The molecule has 1 unspecified atom stereocenters. The van der Waals surface area contributed by atoms with Gasteiger partial charge in [-0.25, -0.2) is 0 Å². The molecule has 30 heavy (non-hydrogen) atoms. The molecule has 0 fully saturated rings. The molecule has 0 aliphatic heterocycles. The molecule has 3 rings (SSSR count). The number of amides is 1. The number of nitrogens with zero attached hydrogens (tertiary/aromatic N) is 4. The van der Waals surface area contributed by atoms with Crippen LogP contribution in [0.1, 0.15) is 53.0 Å². The minimum atomic E-state index is -0.319. The van der Waals surface area contributed by atoms with Crippen LogP contribution in [0.3, 0.4) is 0 Å². The van der Waals surface area contributed by atoms with Crippen molar-refractivity contribution in [2.45, 2.75) is 63.4 Å². The molecular weight excluding hydrogens is 394 g/mol. The van der Waals surface area contributed by atoms with Gasteiger partial charge in [0.2, 0.25) is 5.91 Å². The second-order valence-electron chi connectivity index (χ2n) is 8.60. The van der Waals surface area contributed by atoms with Crippen LogP contribution >= 0.6 is 11.8 Å². The van der Waals surface area contributed by atoms with E-state index >= 15 is 0 Å². The lowest BCUT2D eigenvalue weighted by Gasteiger charge is -2.23. The first-order valence-electron chi connectivity index (χ1n) is 10.1. The van der Waals surface area contributed by atoms with E-state index in [1.165, 1.54) is 17.3 Å². The van der Waals surface area contributed by atoms with Crippen LogP contribution in [0, 0.1) is 0 Å². The minimum absolute atomic E-state index is 0.0258. The van der Waals surface area contributed by atoms with Crippen LogP contribution in [-0.4, -0.2) is 36.4 Å². The maximum absolute atomic E-state index is 12.7. The average molecular weight is 424 g/mol. The zero-order valence-corrected chi connectivity index (χ0v) is 19.2. The van der Waals surface area contributed by atoms with E-state index in [1.807, 2.05) is 56.5 Å². The van der Waals surface area contributed by atoms with Crippen LogP contribution in [-0.2, 0) is 4.79 Å². The normalized spacial score (nSPS) is 12.8. The monoisotopic (exact) mass is 423 g/mol. The molecule has 0 radical (unpaired) electrons. The first kappa shape index (κ1) is 22.0. The summed E-state index contributed by atoms with van der Waals surface area (Å²) in [4.78, 5) is 16.9. The molecule has 1 N–H and O–H groups in total. The molecule has 0 bridgehead atoms. The minimum Gasteiger partial charge on any atom is -0.351 e. The Kier molecular flexibility index (Phi) is 6.61. The topological polar surface area (TPSA) is 72.7 Å². The molecule has 7 heteroatoms. The van der Waals surface area contributed by atoms with E-state index in [9.17, 15) is 4.79 Å². The van der Waals surface area contributed by atoms with Crippen LogP contribution in [0.25, 0.3) is 17.1 Å². The molecule has 158 valence electrons.